The Balaban J connectivity index is 2.26. The fraction of sp³-hybridized carbons (Fsp3) is 0.250. The molecule has 0 aromatic rings. The largest absolute Gasteiger partial charge is 0.389 e. The van der Waals surface area contributed by atoms with Crippen molar-refractivity contribution in [1.82, 2.24) is 5.32 Å². The van der Waals surface area contributed by atoms with Gasteiger partial charge in [0.05, 0.1) is 0 Å². The predicted octanol–water partition coefficient (Wildman–Crippen LogP) is 0.956. The van der Waals surface area contributed by atoms with E-state index in [4.69, 9.17) is 0 Å². The topological polar surface area (TPSA) is 12.0 Å². The first-order chi connectivity index (χ1) is 3.00. The molecule has 1 aliphatic heterocycles. The van der Waals surface area contributed by atoms with Crippen LogP contribution in [0.3, 0.4) is 0 Å². The average molecular weight is 100 g/mol. The van der Waals surface area contributed by atoms with E-state index in [1.807, 2.05) is 11.6 Å². The number of hydrogen-bond donors (Lipinski definition) is 1. The van der Waals surface area contributed by atoms with Crippen LogP contribution in [0.1, 0.15) is 0 Å². The zero-order chi connectivity index (χ0) is 4.24. The molecule has 0 aliphatic carbocycles. The molecule has 1 heterocycles. The summed E-state index contributed by atoms with van der Waals surface area (Å²) in [6.07, 6.45) is 1.95. The molecule has 0 fully saturated rings. The Hall–Kier alpha value is -0.110. The lowest BCUT2D eigenvalue weighted by atomic mass is 10.7. The molecule has 2 heteroatoms. The summed E-state index contributed by atoms with van der Waals surface area (Å²) < 4.78 is 0. The summed E-state index contributed by atoms with van der Waals surface area (Å²) in [7, 11) is 0. The molecule has 0 aromatic heterocycles. The maximum absolute atomic E-state index is 3.03. The Morgan fingerprint density at radius 1 is 1.67 bits per heavy atom. The van der Waals surface area contributed by atoms with Crippen LogP contribution in [0.5, 0.6) is 0 Å². The van der Waals surface area contributed by atoms with Crippen LogP contribution >= 0.6 is 11.8 Å². The zero-order valence-corrected chi connectivity index (χ0v) is 4.16. The molecule has 1 nitrogen and oxygen atoms in total. The van der Waals surface area contributed by atoms with Crippen LogP contribution in [-0.2, 0) is 0 Å². The van der Waals surface area contributed by atoms with Crippen molar-refractivity contribution in [2.75, 3.05) is 6.54 Å². The van der Waals surface area contributed by atoms with Crippen molar-refractivity contribution in [1.29, 1.82) is 0 Å². The fourth-order valence-electron chi connectivity index (χ4n) is 0.307. The van der Waals surface area contributed by atoms with Crippen molar-refractivity contribution in [3.63, 3.8) is 0 Å². The number of thioether (sulfide) groups is 1. The highest BCUT2D eigenvalue weighted by Gasteiger charge is 1.85. The molecule has 0 spiro atoms. The van der Waals surface area contributed by atoms with E-state index in [2.05, 4.69) is 11.1 Å². The maximum Gasteiger partial charge on any atom is 0.0401 e. The molecule has 33 valence electrons. The molecule has 1 rings (SSSR count). The van der Waals surface area contributed by atoms with E-state index in [1.165, 1.54) is 0 Å². The van der Waals surface area contributed by atoms with Crippen LogP contribution in [0.2, 0.25) is 0 Å². The van der Waals surface area contributed by atoms with E-state index in [0.29, 0.717) is 0 Å². The van der Waals surface area contributed by atoms with Crippen molar-refractivity contribution in [2.24, 2.45) is 0 Å². The van der Waals surface area contributed by atoms with E-state index >= 15 is 0 Å². The third kappa shape index (κ3) is 0.937. The molecule has 0 aromatic carbocycles. The minimum absolute atomic E-state index is 1.00. The van der Waals surface area contributed by atoms with Crippen molar-refractivity contribution >= 4 is 11.8 Å². The molecular formula is C4H6NS. The second-order valence-electron chi connectivity index (χ2n) is 1.01. The lowest BCUT2D eigenvalue weighted by Crippen LogP contribution is -2.07. The highest BCUT2D eigenvalue weighted by atomic mass is 32.2. The van der Waals surface area contributed by atoms with E-state index in [0.717, 1.165) is 6.54 Å². The van der Waals surface area contributed by atoms with Crippen LogP contribution in [0.4, 0.5) is 0 Å². The van der Waals surface area contributed by atoms with Gasteiger partial charge in [-0.25, -0.2) is 0 Å². The molecule has 0 saturated heterocycles. The van der Waals surface area contributed by atoms with Crippen LogP contribution in [-0.4, -0.2) is 6.54 Å². The summed E-state index contributed by atoms with van der Waals surface area (Å²) in [5.74, 6) is 2.11. The molecular weight excluding hydrogens is 94.1 g/mol. The summed E-state index contributed by atoms with van der Waals surface area (Å²) in [6.45, 7) is 1.00. The van der Waals surface area contributed by atoms with Gasteiger partial charge in [0, 0.05) is 18.5 Å². The van der Waals surface area contributed by atoms with Gasteiger partial charge < -0.3 is 5.32 Å². The van der Waals surface area contributed by atoms with Gasteiger partial charge >= 0.3 is 0 Å². The van der Waals surface area contributed by atoms with Crippen molar-refractivity contribution in [3.8, 4) is 0 Å². The second kappa shape index (κ2) is 2.13. The average Bonchev–Trinajstić information content (AvgIpc) is 1.72. The molecule has 0 atom stereocenters. The third-order valence-electron chi connectivity index (χ3n) is 0.562. The fourth-order valence-corrected chi connectivity index (χ4v) is 0.786. The van der Waals surface area contributed by atoms with Crippen LogP contribution in [0.25, 0.3) is 0 Å². The first kappa shape index (κ1) is 4.06. The summed E-state index contributed by atoms with van der Waals surface area (Å²) in [5.41, 5.74) is 0. The quantitative estimate of drug-likeness (QED) is 0.486. The van der Waals surface area contributed by atoms with E-state index < -0.39 is 0 Å². The third-order valence-corrected chi connectivity index (χ3v) is 1.21. The van der Waals surface area contributed by atoms with Gasteiger partial charge in [-0.05, 0) is 5.41 Å². The Kier molecular flexibility index (Phi) is 1.44. The smallest absolute Gasteiger partial charge is 0.0401 e. The normalized spacial score (nSPS) is 20.0. The first-order valence-corrected chi connectivity index (χ1v) is 2.80. The Morgan fingerprint density at radius 2 is 2.67 bits per heavy atom. The molecule has 0 saturated carbocycles. The minimum atomic E-state index is 1.00. The highest BCUT2D eigenvalue weighted by Crippen LogP contribution is 2.07. The summed E-state index contributed by atoms with van der Waals surface area (Å²) in [4.78, 5) is 0. The van der Waals surface area contributed by atoms with Gasteiger partial charge in [-0.1, -0.05) is 0 Å². The van der Waals surface area contributed by atoms with Gasteiger partial charge in [0.25, 0.3) is 0 Å². The van der Waals surface area contributed by atoms with E-state index in [1.54, 1.807) is 11.8 Å². The molecule has 1 aliphatic rings. The van der Waals surface area contributed by atoms with Crippen molar-refractivity contribution < 1.29 is 0 Å². The van der Waals surface area contributed by atoms with E-state index in [9.17, 15) is 0 Å². The van der Waals surface area contributed by atoms with Gasteiger partial charge in [-0.15, -0.1) is 11.8 Å². The SMILES string of the molecule is [CH]1CNC=CS1. The molecule has 1 N–H and O–H groups in total. The first-order valence-electron chi connectivity index (χ1n) is 1.86. The van der Waals surface area contributed by atoms with Gasteiger partial charge in [0.1, 0.15) is 0 Å². The van der Waals surface area contributed by atoms with Crippen LogP contribution in [0.15, 0.2) is 11.6 Å². The summed E-state index contributed by atoms with van der Waals surface area (Å²) in [5, 5.41) is 5.05. The van der Waals surface area contributed by atoms with Crippen molar-refractivity contribution in [2.45, 2.75) is 0 Å². The van der Waals surface area contributed by atoms with Gasteiger partial charge in [0.2, 0.25) is 0 Å². The number of rotatable bonds is 0. The Morgan fingerprint density at radius 3 is 2.83 bits per heavy atom. The Bertz CT molecular complexity index is 52.6. The van der Waals surface area contributed by atoms with Crippen molar-refractivity contribution in [3.05, 3.63) is 17.4 Å². The molecule has 6 heavy (non-hydrogen) atoms. The lowest BCUT2D eigenvalue weighted by molar-refractivity contribution is 0.969. The molecule has 0 amide bonds. The zero-order valence-electron chi connectivity index (χ0n) is 3.35. The van der Waals surface area contributed by atoms with Gasteiger partial charge in [0.15, 0.2) is 0 Å². The van der Waals surface area contributed by atoms with Gasteiger partial charge in [-0.2, -0.15) is 0 Å². The van der Waals surface area contributed by atoms with Crippen LogP contribution in [0, 0.1) is 5.75 Å². The molecule has 1 radical (unpaired) electrons. The molecule has 0 unspecified atom stereocenters. The lowest BCUT2D eigenvalue weighted by Gasteiger charge is -2.01. The monoisotopic (exact) mass is 100 g/mol. The second-order valence-corrected chi connectivity index (χ2v) is 1.89. The number of hydrogen-bond acceptors (Lipinski definition) is 2. The standard InChI is InChI=1S/C4H6NS/c1-3-6-4-2-5-1/h1,3-5H,2H2. The number of nitrogens with one attached hydrogen (secondary N) is 1. The summed E-state index contributed by atoms with van der Waals surface area (Å²) >= 11 is 1.73. The molecule has 0 bridgehead atoms. The highest BCUT2D eigenvalue weighted by molar-refractivity contribution is 8.04. The maximum atomic E-state index is 3.03. The van der Waals surface area contributed by atoms with Gasteiger partial charge in [-0.3, -0.25) is 0 Å². The Labute approximate surface area is 41.8 Å². The minimum Gasteiger partial charge on any atom is -0.389 e. The summed E-state index contributed by atoms with van der Waals surface area (Å²) in [6, 6.07) is 0. The van der Waals surface area contributed by atoms with E-state index in [-0.39, 0.29) is 0 Å². The predicted molar refractivity (Wildman–Crippen MR) is 29.0 cm³/mol. The van der Waals surface area contributed by atoms with Crippen LogP contribution < -0.4 is 5.32 Å².